The van der Waals surface area contributed by atoms with E-state index in [2.05, 4.69) is 19.2 Å². The standard InChI is InChI=1S/C16H28N2O2S/c1-4-6-13-14(12-17-9-5-2)21-15(18-13)16(19-3)7-10-20-11-8-16/h17H,4-12H2,1-3H3. The minimum atomic E-state index is -0.228. The van der Waals surface area contributed by atoms with Crippen LogP contribution in [0.25, 0.3) is 0 Å². The lowest BCUT2D eigenvalue weighted by Gasteiger charge is -2.33. The molecule has 0 atom stereocenters. The maximum Gasteiger partial charge on any atom is 0.125 e. The first-order chi connectivity index (χ1) is 10.3. The van der Waals surface area contributed by atoms with E-state index in [1.54, 1.807) is 7.11 Å². The Hall–Kier alpha value is -0.490. The molecule has 1 N–H and O–H groups in total. The van der Waals surface area contributed by atoms with Gasteiger partial charge in [0.2, 0.25) is 0 Å². The Balaban J connectivity index is 2.20. The number of methoxy groups -OCH3 is 1. The summed E-state index contributed by atoms with van der Waals surface area (Å²) in [5.41, 5.74) is 1.03. The van der Waals surface area contributed by atoms with Crippen LogP contribution >= 0.6 is 11.3 Å². The number of ether oxygens (including phenoxy) is 2. The maximum absolute atomic E-state index is 5.88. The molecule has 2 heterocycles. The van der Waals surface area contributed by atoms with E-state index in [0.717, 1.165) is 63.4 Å². The van der Waals surface area contributed by atoms with Crippen LogP contribution in [0, 0.1) is 0 Å². The molecule has 0 aromatic carbocycles. The fraction of sp³-hybridized carbons (Fsp3) is 0.812. The number of aryl methyl sites for hydroxylation is 1. The van der Waals surface area contributed by atoms with Gasteiger partial charge in [0.05, 0.1) is 5.69 Å². The van der Waals surface area contributed by atoms with Gasteiger partial charge in [-0.25, -0.2) is 4.98 Å². The van der Waals surface area contributed by atoms with E-state index < -0.39 is 0 Å². The fourth-order valence-electron chi connectivity index (χ4n) is 2.73. The molecule has 21 heavy (non-hydrogen) atoms. The molecule has 0 bridgehead atoms. The summed E-state index contributed by atoms with van der Waals surface area (Å²) in [6, 6.07) is 0. The quantitative estimate of drug-likeness (QED) is 0.748. The summed E-state index contributed by atoms with van der Waals surface area (Å²) in [7, 11) is 1.81. The number of hydrogen-bond acceptors (Lipinski definition) is 5. The molecule has 0 saturated carbocycles. The molecule has 0 spiro atoms. The van der Waals surface area contributed by atoms with Gasteiger partial charge in [-0.05, 0) is 19.4 Å². The van der Waals surface area contributed by atoms with Gasteiger partial charge < -0.3 is 14.8 Å². The molecule has 0 radical (unpaired) electrons. The number of nitrogens with one attached hydrogen (secondary N) is 1. The van der Waals surface area contributed by atoms with Crippen molar-refractivity contribution in [3.63, 3.8) is 0 Å². The Bertz CT molecular complexity index is 428. The lowest BCUT2D eigenvalue weighted by molar-refractivity contribution is -0.0948. The first-order valence-corrected chi connectivity index (χ1v) is 8.90. The van der Waals surface area contributed by atoms with Gasteiger partial charge in [-0.1, -0.05) is 20.3 Å². The predicted octanol–water partition coefficient (Wildman–Crippen LogP) is 3.25. The van der Waals surface area contributed by atoms with Gasteiger partial charge in [0, 0.05) is 44.6 Å². The summed E-state index contributed by atoms with van der Waals surface area (Å²) in [6.45, 7) is 7.92. The van der Waals surface area contributed by atoms with E-state index in [1.807, 2.05) is 11.3 Å². The zero-order chi connectivity index (χ0) is 15.1. The highest BCUT2D eigenvalue weighted by Crippen LogP contribution is 2.39. The van der Waals surface area contributed by atoms with E-state index in [9.17, 15) is 0 Å². The summed E-state index contributed by atoms with van der Waals surface area (Å²) in [4.78, 5) is 6.32. The zero-order valence-electron chi connectivity index (χ0n) is 13.5. The van der Waals surface area contributed by atoms with Crippen molar-refractivity contribution in [2.75, 3.05) is 26.9 Å². The van der Waals surface area contributed by atoms with Gasteiger partial charge in [-0.2, -0.15) is 0 Å². The van der Waals surface area contributed by atoms with Gasteiger partial charge in [0.1, 0.15) is 10.6 Å². The van der Waals surface area contributed by atoms with Gasteiger partial charge in [0.25, 0.3) is 0 Å². The summed E-state index contributed by atoms with van der Waals surface area (Å²) < 4.78 is 11.4. The zero-order valence-corrected chi connectivity index (χ0v) is 14.4. The Kier molecular flexibility index (Phi) is 6.61. The highest BCUT2D eigenvalue weighted by molar-refractivity contribution is 7.11. The largest absolute Gasteiger partial charge is 0.381 e. The average molecular weight is 312 g/mol. The minimum Gasteiger partial charge on any atom is -0.381 e. The molecule has 1 aromatic rings. The van der Waals surface area contributed by atoms with Crippen molar-refractivity contribution in [3.8, 4) is 0 Å². The number of rotatable bonds is 8. The summed E-state index contributed by atoms with van der Waals surface area (Å²) in [5.74, 6) is 0. The van der Waals surface area contributed by atoms with Crippen LogP contribution in [0.3, 0.4) is 0 Å². The van der Waals surface area contributed by atoms with Crippen molar-refractivity contribution in [1.29, 1.82) is 0 Å². The Morgan fingerprint density at radius 1 is 1.29 bits per heavy atom. The summed E-state index contributed by atoms with van der Waals surface area (Å²) in [6.07, 6.45) is 5.16. The normalized spacial score (nSPS) is 18.0. The molecule has 0 unspecified atom stereocenters. The smallest absolute Gasteiger partial charge is 0.125 e. The van der Waals surface area contributed by atoms with Gasteiger partial charge in [-0.15, -0.1) is 11.3 Å². The van der Waals surface area contributed by atoms with Gasteiger partial charge in [-0.3, -0.25) is 0 Å². The van der Waals surface area contributed by atoms with Crippen LogP contribution in [0.5, 0.6) is 0 Å². The molecule has 1 aromatic heterocycles. The highest BCUT2D eigenvalue weighted by atomic mass is 32.1. The third-order valence-electron chi connectivity index (χ3n) is 4.06. The second-order valence-corrected chi connectivity index (χ2v) is 6.71. The predicted molar refractivity (Wildman–Crippen MR) is 86.8 cm³/mol. The Morgan fingerprint density at radius 3 is 2.67 bits per heavy atom. The molecule has 4 nitrogen and oxygen atoms in total. The summed E-state index contributed by atoms with van der Waals surface area (Å²) >= 11 is 1.83. The lowest BCUT2D eigenvalue weighted by atomic mass is 9.95. The minimum absolute atomic E-state index is 0.228. The molecule has 1 saturated heterocycles. The van der Waals surface area contributed by atoms with Crippen LogP contribution in [-0.4, -0.2) is 31.9 Å². The van der Waals surface area contributed by atoms with Crippen molar-refractivity contribution >= 4 is 11.3 Å². The second-order valence-electron chi connectivity index (χ2n) is 5.63. The second kappa shape index (κ2) is 8.22. The molecule has 0 aliphatic carbocycles. The van der Waals surface area contributed by atoms with Crippen LogP contribution in [0.4, 0.5) is 0 Å². The third-order valence-corrected chi connectivity index (χ3v) is 5.34. The van der Waals surface area contributed by atoms with Crippen LogP contribution in [-0.2, 0) is 28.0 Å². The Labute approximate surface area is 132 Å². The number of hydrogen-bond donors (Lipinski definition) is 1. The first kappa shape index (κ1) is 16.9. The molecular formula is C16H28N2O2S. The molecule has 120 valence electrons. The third kappa shape index (κ3) is 4.03. The van der Waals surface area contributed by atoms with Crippen LogP contribution < -0.4 is 5.32 Å². The van der Waals surface area contributed by atoms with Crippen molar-refractivity contribution in [2.24, 2.45) is 0 Å². The molecule has 2 rings (SSSR count). The van der Waals surface area contributed by atoms with E-state index in [-0.39, 0.29) is 5.60 Å². The first-order valence-electron chi connectivity index (χ1n) is 8.08. The van der Waals surface area contributed by atoms with E-state index >= 15 is 0 Å². The number of thiazole rings is 1. The van der Waals surface area contributed by atoms with E-state index in [0.29, 0.717) is 0 Å². The SMILES string of the molecule is CCCNCc1sc(C2(OC)CCOCC2)nc1CCC. The molecule has 5 heteroatoms. The molecule has 1 aliphatic heterocycles. The molecule has 0 amide bonds. The highest BCUT2D eigenvalue weighted by Gasteiger charge is 2.38. The molecule has 1 aliphatic rings. The van der Waals surface area contributed by atoms with E-state index in [4.69, 9.17) is 14.5 Å². The molecular weight excluding hydrogens is 284 g/mol. The van der Waals surface area contributed by atoms with Crippen molar-refractivity contribution < 1.29 is 9.47 Å². The Morgan fingerprint density at radius 2 is 2.05 bits per heavy atom. The maximum atomic E-state index is 5.88. The van der Waals surface area contributed by atoms with Crippen LogP contribution in [0.15, 0.2) is 0 Å². The number of aromatic nitrogens is 1. The number of nitrogens with zero attached hydrogens (tertiary/aromatic N) is 1. The monoisotopic (exact) mass is 312 g/mol. The van der Waals surface area contributed by atoms with Crippen LogP contribution in [0.2, 0.25) is 0 Å². The van der Waals surface area contributed by atoms with Crippen molar-refractivity contribution in [2.45, 2.75) is 58.1 Å². The van der Waals surface area contributed by atoms with Crippen molar-refractivity contribution in [3.05, 3.63) is 15.6 Å². The van der Waals surface area contributed by atoms with Gasteiger partial charge in [0.15, 0.2) is 0 Å². The lowest BCUT2D eigenvalue weighted by Crippen LogP contribution is -2.35. The van der Waals surface area contributed by atoms with E-state index in [1.165, 1.54) is 10.6 Å². The summed E-state index contributed by atoms with van der Waals surface area (Å²) in [5, 5.41) is 4.65. The average Bonchev–Trinajstić information content (AvgIpc) is 2.92. The van der Waals surface area contributed by atoms with Crippen LogP contribution in [0.1, 0.15) is 55.1 Å². The fourth-order valence-corrected chi connectivity index (χ4v) is 4.04. The van der Waals surface area contributed by atoms with Crippen molar-refractivity contribution in [1.82, 2.24) is 10.3 Å². The molecule has 1 fully saturated rings. The topological polar surface area (TPSA) is 43.4 Å². The van der Waals surface area contributed by atoms with Gasteiger partial charge >= 0.3 is 0 Å².